The first-order valence-corrected chi connectivity index (χ1v) is 5.18. The van der Waals surface area contributed by atoms with E-state index in [1.807, 2.05) is 0 Å². The van der Waals surface area contributed by atoms with Crippen molar-refractivity contribution < 1.29 is 17.6 Å². The SMILES string of the molecule is Cc1cnc(-c2ccccc2C(F)(F)F)c(F)c1. The Morgan fingerprint density at radius 1 is 1.11 bits per heavy atom. The van der Waals surface area contributed by atoms with E-state index in [4.69, 9.17) is 0 Å². The van der Waals surface area contributed by atoms with Gasteiger partial charge in [0.1, 0.15) is 11.5 Å². The van der Waals surface area contributed by atoms with Crippen LogP contribution in [0.3, 0.4) is 0 Å². The maximum absolute atomic E-state index is 13.7. The maximum atomic E-state index is 13.7. The maximum Gasteiger partial charge on any atom is 0.417 e. The molecule has 0 aliphatic carbocycles. The van der Waals surface area contributed by atoms with Crippen LogP contribution in [0.4, 0.5) is 17.6 Å². The zero-order valence-corrected chi connectivity index (χ0v) is 9.42. The molecule has 0 unspecified atom stereocenters. The van der Waals surface area contributed by atoms with Crippen molar-refractivity contribution in [3.8, 4) is 11.3 Å². The standard InChI is InChI=1S/C13H9F4N/c1-8-6-11(14)12(18-7-8)9-4-2-3-5-10(9)13(15,16)17/h2-7H,1H3. The second kappa shape index (κ2) is 4.40. The number of pyridine rings is 1. The van der Waals surface area contributed by atoms with E-state index < -0.39 is 17.6 Å². The highest BCUT2D eigenvalue weighted by atomic mass is 19.4. The van der Waals surface area contributed by atoms with Gasteiger partial charge >= 0.3 is 6.18 Å². The molecule has 5 heteroatoms. The third kappa shape index (κ3) is 2.34. The highest BCUT2D eigenvalue weighted by molar-refractivity contribution is 5.65. The second-order valence-electron chi connectivity index (χ2n) is 3.89. The number of alkyl halides is 3. The number of hydrogen-bond acceptors (Lipinski definition) is 1. The molecular weight excluding hydrogens is 246 g/mol. The Kier molecular flexibility index (Phi) is 3.07. The highest BCUT2D eigenvalue weighted by Gasteiger charge is 2.34. The Bertz CT molecular complexity index is 575. The molecular formula is C13H9F4N. The van der Waals surface area contributed by atoms with Crippen LogP contribution in [-0.4, -0.2) is 4.98 Å². The molecule has 0 spiro atoms. The van der Waals surface area contributed by atoms with Gasteiger partial charge in [0, 0.05) is 11.8 Å². The normalized spacial score (nSPS) is 11.6. The van der Waals surface area contributed by atoms with Crippen LogP contribution in [0.2, 0.25) is 0 Å². The van der Waals surface area contributed by atoms with Crippen LogP contribution >= 0.6 is 0 Å². The van der Waals surface area contributed by atoms with E-state index in [1.54, 1.807) is 6.92 Å². The summed E-state index contributed by atoms with van der Waals surface area (Å²) in [4.78, 5) is 3.75. The van der Waals surface area contributed by atoms with Crippen molar-refractivity contribution in [2.24, 2.45) is 0 Å². The predicted octanol–water partition coefficient (Wildman–Crippen LogP) is 4.21. The topological polar surface area (TPSA) is 12.9 Å². The van der Waals surface area contributed by atoms with Crippen molar-refractivity contribution in [3.05, 3.63) is 53.5 Å². The summed E-state index contributed by atoms with van der Waals surface area (Å²) in [5.74, 6) is -0.758. The first kappa shape index (κ1) is 12.5. The average Bonchev–Trinajstić information content (AvgIpc) is 2.28. The number of halogens is 4. The van der Waals surface area contributed by atoms with E-state index in [9.17, 15) is 17.6 Å². The zero-order valence-electron chi connectivity index (χ0n) is 9.42. The lowest BCUT2D eigenvalue weighted by molar-refractivity contribution is -0.137. The summed E-state index contributed by atoms with van der Waals surface area (Å²) in [6.07, 6.45) is -3.19. The molecule has 0 amide bonds. The fraction of sp³-hybridized carbons (Fsp3) is 0.154. The number of aryl methyl sites for hydroxylation is 1. The van der Waals surface area contributed by atoms with Gasteiger partial charge < -0.3 is 0 Å². The van der Waals surface area contributed by atoms with Crippen molar-refractivity contribution in [2.45, 2.75) is 13.1 Å². The number of aromatic nitrogens is 1. The molecule has 0 bridgehead atoms. The first-order valence-electron chi connectivity index (χ1n) is 5.18. The third-order valence-corrected chi connectivity index (χ3v) is 2.47. The van der Waals surface area contributed by atoms with Crippen LogP contribution in [0.5, 0.6) is 0 Å². The Hall–Kier alpha value is -1.91. The molecule has 0 saturated heterocycles. The van der Waals surface area contributed by atoms with E-state index in [0.717, 1.165) is 12.1 Å². The molecule has 1 heterocycles. The summed E-state index contributed by atoms with van der Waals surface area (Å²) in [5.41, 5.74) is -0.864. The number of hydrogen-bond donors (Lipinski definition) is 0. The molecule has 1 aromatic carbocycles. The van der Waals surface area contributed by atoms with Gasteiger partial charge in [-0.15, -0.1) is 0 Å². The molecule has 1 aromatic heterocycles. The minimum atomic E-state index is -4.53. The van der Waals surface area contributed by atoms with E-state index >= 15 is 0 Å². The van der Waals surface area contributed by atoms with Crippen molar-refractivity contribution in [3.63, 3.8) is 0 Å². The van der Waals surface area contributed by atoms with Crippen molar-refractivity contribution in [1.82, 2.24) is 4.98 Å². The Morgan fingerprint density at radius 2 is 1.78 bits per heavy atom. The van der Waals surface area contributed by atoms with Gasteiger partial charge in [0.25, 0.3) is 0 Å². The average molecular weight is 255 g/mol. The molecule has 0 radical (unpaired) electrons. The van der Waals surface area contributed by atoms with Gasteiger partial charge in [-0.25, -0.2) is 4.39 Å². The van der Waals surface area contributed by atoms with E-state index in [2.05, 4.69) is 4.98 Å². The smallest absolute Gasteiger partial charge is 0.253 e. The van der Waals surface area contributed by atoms with Crippen molar-refractivity contribution in [1.29, 1.82) is 0 Å². The van der Waals surface area contributed by atoms with Crippen LogP contribution < -0.4 is 0 Å². The van der Waals surface area contributed by atoms with Gasteiger partial charge in [-0.2, -0.15) is 13.2 Å². The largest absolute Gasteiger partial charge is 0.417 e. The van der Waals surface area contributed by atoms with Crippen LogP contribution in [0, 0.1) is 12.7 Å². The van der Waals surface area contributed by atoms with Gasteiger partial charge in [-0.1, -0.05) is 18.2 Å². The summed E-state index contributed by atoms with van der Waals surface area (Å²) in [5, 5.41) is 0. The molecule has 0 atom stereocenters. The number of rotatable bonds is 1. The molecule has 0 aliphatic rings. The summed E-state index contributed by atoms with van der Waals surface area (Å²) in [7, 11) is 0. The third-order valence-electron chi connectivity index (χ3n) is 2.47. The van der Waals surface area contributed by atoms with Crippen LogP contribution in [0.15, 0.2) is 36.5 Å². The fourth-order valence-electron chi connectivity index (χ4n) is 1.67. The fourth-order valence-corrected chi connectivity index (χ4v) is 1.67. The zero-order chi connectivity index (χ0) is 13.3. The van der Waals surface area contributed by atoms with Gasteiger partial charge in [0.05, 0.1) is 5.56 Å². The quantitative estimate of drug-likeness (QED) is 0.695. The minimum Gasteiger partial charge on any atom is -0.253 e. The van der Waals surface area contributed by atoms with E-state index in [-0.39, 0.29) is 11.3 Å². The lowest BCUT2D eigenvalue weighted by Crippen LogP contribution is -2.08. The molecule has 0 N–H and O–H groups in total. The molecule has 2 aromatic rings. The molecule has 94 valence electrons. The summed E-state index contributed by atoms with van der Waals surface area (Å²) < 4.78 is 52.1. The number of benzene rings is 1. The summed E-state index contributed by atoms with van der Waals surface area (Å²) in [6.45, 7) is 1.62. The molecule has 1 nitrogen and oxygen atoms in total. The monoisotopic (exact) mass is 255 g/mol. The predicted molar refractivity (Wildman–Crippen MR) is 59.4 cm³/mol. The van der Waals surface area contributed by atoms with Gasteiger partial charge in [-0.3, -0.25) is 4.98 Å². The minimum absolute atomic E-state index is 0.248. The Morgan fingerprint density at radius 3 is 2.39 bits per heavy atom. The Labute approximate surface area is 101 Å². The van der Waals surface area contributed by atoms with E-state index in [1.165, 1.54) is 24.4 Å². The van der Waals surface area contributed by atoms with E-state index in [0.29, 0.717) is 5.56 Å². The van der Waals surface area contributed by atoms with Crippen molar-refractivity contribution in [2.75, 3.05) is 0 Å². The first-order chi connectivity index (χ1) is 8.39. The van der Waals surface area contributed by atoms with Crippen molar-refractivity contribution >= 4 is 0 Å². The lowest BCUT2D eigenvalue weighted by atomic mass is 10.0. The summed E-state index contributed by atoms with van der Waals surface area (Å²) in [6, 6.07) is 5.97. The van der Waals surface area contributed by atoms with Crippen LogP contribution in [0.25, 0.3) is 11.3 Å². The van der Waals surface area contributed by atoms with Gasteiger partial charge in [0.2, 0.25) is 0 Å². The second-order valence-corrected chi connectivity index (χ2v) is 3.89. The van der Waals surface area contributed by atoms with Gasteiger partial charge in [-0.05, 0) is 24.6 Å². The number of nitrogens with zero attached hydrogens (tertiary/aromatic N) is 1. The summed E-state index contributed by atoms with van der Waals surface area (Å²) >= 11 is 0. The Balaban J connectivity index is 2.64. The molecule has 2 rings (SSSR count). The lowest BCUT2D eigenvalue weighted by Gasteiger charge is -2.12. The van der Waals surface area contributed by atoms with Crippen LogP contribution in [0.1, 0.15) is 11.1 Å². The molecule has 0 saturated carbocycles. The molecule has 0 aliphatic heterocycles. The molecule has 0 fully saturated rings. The highest BCUT2D eigenvalue weighted by Crippen LogP contribution is 2.36. The van der Waals surface area contributed by atoms with Crippen LogP contribution in [-0.2, 0) is 6.18 Å². The molecule has 18 heavy (non-hydrogen) atoms. The van der Waals surface area contributed by atoms with Gasteiger partial charge in [0.15, 0.2) is 0 Å².